The standard InChI is InChI=1S/C23H36O3S.C16H30O4S.2C11H15NO3S.C8H10O3.2C8H10O2S.C3H6ClNS.C2H3N.CH3F.CH2O3.CH4O.CH4.2Cs.K.H2O.H/c1-21(2)9-7-10-22(3)19(21)8-11-23(4,24)20(22)15-27-18-13-16(25-5)12-17(14-18)26-6;1-14(2)8-6-9-15(3)12(14)7-10-16(4,17)13(15)11-20-21(5,18)19;1-12(2)11(13)16-10-6-8(14-3)5-9(7-10)15-4;1-12(2)11(16)15-10-6-8(13-3)5-9(7-10)14-4;1-10-7-3-6(9)4-8(5-7)11-2;2*1-9-6-3-7(10-2)5-8(11)4-6;1-5(2)3(4)6;1-2-3;1-2;2-1-4-3;1-2;;;;;;/h12-14,19-20,24H,7-11,15H2,1-6H3;12-13,17H,6-11H2,1-5H3;2*5-7H,1-4H3;3-5,9H,1-2H3;2*3-5,11H,1-2H3;1-2H3;1H3;1H3;1,3H;2H,1H3;1H4;;;;1H2;/q;;;;;;;;;;;;;3*+1;;-1/p-2/t19?,20-,22+,23-;12?,13-,15+,16-;;;;;;;;;;;;;;;;/m11................/s1/i;;;;;;;;;1D;;;;;;;;. The molecule has 5 N–H and O–H groups in total. The maximum Gasteiger partial charge on any atom is 1.00 e. The number of hydrogen-bond acceptors (Lipinski definition) is 32. The molecule has 4 aliphatic rings. The minimum absolute atomic E-state index is 0. The number of benzene rings is 6. The third-order valence-corrected chi connectivity index (χ3v) is 26.2. The zero-order valence-corrected chi connectivity index (χ0v) is 107. The Morgan fingerprint density at radius 3 is 1.08 bits per heavy atom. The van der Waals surface area contributed by atoms with Crippen LogP contribution in [0.3, 0.4) is 0 Å². The van der Waals surface area contributed by atoms with Crippen LogP contribution in [0.1, 0.15) is 137 Å². The molecule has 6 aromatic rings. The molecule has 6 aromatic carbocycles. The number of nitriles is 1. The van der Waals surface area contributed by atoms with Crippen molar-refractivity contribution in [2.45, 2.75) is 165 Å². The van der Waals surface area contributed by atoms with Crippen molar-refractivity contribution in [3.05, 3.63) is 109 Å². The van der Waals surface area contributed by atoms with Gasteiger partial charge in [-0.15, -0.1) is 37.0 Å². The average Bonchev–Trinajstić information content (AvgIpc) is 0.730. The number of phenols is 1. The Labute approximate surface area is 1000 Å². The van der Waals surface area contributed by atoms with Gasteiger partial charge in [-0.1, -0.05) is 73.4 Å². The smallest absolute Gasteiger partial charge is 1.00 e. The van der Waals surface area contributed by atoms with Gasteiger partial charge in [-0.2, -0.15) is 13.7 Å². The first kappa shape index (κ1) is 143. The molecular weight excluding hydrogens is 2170 g/mol. The molecule has 1 amide bonds. The predicted octanol–water partition coefficient (Wildman–Crippen LogP) is 10.4. The summed E-state index contributed by atoms with van der Waals surface area (Å²) in [4.78, 5) is 31.3. The number of hydrogen-bond donors (Lipinski definition) is 6. The zero-order valence-electron chi connectivity index (χ0n) is 86.4. The number of carbonyl (C=O) groups is 2. The number of thiol groups is 2. The topological polar surface area (TPSA) is 374 Å². The molecule has 135 heavy (non-hydrogen) atoms. The van der Waals surface area contributed by atoms with Crippen LogP contribution in [-0.4, -0.2) is 242 Å². The largest absolute Gasteiger partial charge is 1.00 e. The number of aliphatic hydroxyl groups excluding tert-OH is 1. The molecule has 0 bridgehead atoms. The fourth-order valence-corrected chi connectivity index (χ4v) is 18.9. The SMILES string of the molecule is C.CC#N.CC1(C)CCC[C@@]2(C)C1CC[C@@](C)(O)[C@@H]2COS(C)(=O)=O.CN(C)C(=S)Cl.CO.COc1cc(O)cc(OC)c1.COc1cc(OC)cc(OC(=S)N(C)C)c1.COc1cc(OC)cc(SC(=O)N(C)C)c1.COc1cc(OC)cc(SC[C@@H]2[C@@]3(C)CCCC(C)(C)C3CC[C@@]2(C)O)c1.COc1cc(S)cc(OC)c1.COc1cc(S)cc(OC)c1.O=CO[O-].[2H]CF.[Cs+].[Cs+].[H-].[K+].[OH-]. The van der Waals surface area contributed by atoms with Gasteiger partial charge in [0.1, 0.15) is 80.5 Å². The first-order valence-electron chi connectivity index (χ1n) is 41.4. The van der Waals surface area contributed by atoms with E-state index >= 15 is 0 Å². The maximum absolute atomic E-state index is 11.5. The van der Waals surface area contributed by atoms with E-state index in [9.17, 15) is 27.8 Å². The Balaban J connectivity index is -0.000000232. The Hall–Kier alpha value is -2.20. The van der Waals surface area contributed by atoms with Crippen LogP contribution in [-0.2, 0) is 24.0 Å². The normalized spacial score (nSPS) is 19.1. The van der Waals surface area contributed by atoms with E-state index in [4.69, 9.17) is 116 Å². The zero-order chi connectivity index (χ0) is 101. The van der Waals surface area contributed by atoms with Gasteiger partial charge in [0.2, 0.25) is 0 Å². The molecule has 0 saturated heterocycles. The van der Waals surface area contributed by atoms with Gasteiger partial charge in [0.15, 0.2) is 4.45 Å². The summed E-state index contributed by atoms with van der Waals surface area (Å²) in [5.41, 5.74) is -0.718. The number of methoxy groups -OCH3 is 12. The number of halogens is 2. The van der Waals surface area contributed by atoms with Crippen molar-refractivity contribution in [3.63, 3.8) is 0 Å². The molecule has 0 aromatic heterocycles. The van der Waals surface area contributed by atoms with E-state index in [-0.39, 0.29) is 256 Å². The second-order valence-electron chi connectivity index (χ2n) is 32.4. The first-order valence-corrected chi connectivity index (χ1v) is 46.4. The minimum atomic E-state index is -3.48. The number of thiocarbonyl (C=S) groups is 2. The molecule has 0 spiro atoms. The Kier molecular flexibility index (Phi) is 80.3. The summed E-state index contributed by atoms with van der Waals surface area (Å²) in [7, 11) is 26.4. The average molecular weight is 2320 g/mol. The van der Waals surface area contributed by atoms with Gasteiger partial charge < -0.3 is 114 Å². The van der Waals surface area contributed by atoms with Crippen LogP contribution < -0.4 is 256 Å². The monoisotopic (exact) mass is 2320 g/mol. The van der Waals surface area contributed by atoms with Crippen molar-refractivity contribution in [3.8, 4) is 86.6 Å². The van der Waals surface area contributed by atoms with Gasteiger partial charge in [0, 0.05) is 154 Å². The van der Waals surface area contributed by atoms with Crippen molar-refractivity contribution in [1.82, 2.24) is 14.7 Å². The molecule has 8 atom stereocenters. The van der Waals surface area contributed by atoms with Crippen LogP contribution in [0, 0.1) is 56.7 Å². The van der Waals surface area contributed by atoms with E-state index < -0.39 is 28.5 Å². The number of rotatable bonds is 21. The second-order valence-corrected chi connectivity index (χ2v) is 38.6. The van der Waals surface area contributed by atoms with E-state index in [1.54, 1.807) is 170 Å². The number of fused-ring (bicyclic) bond motifs is 2. The molecule has 4 aliphatic carbocycles. The summed E-state index contributed by atoms with van der Waals surface area (Å²) >= 11 is 26.1. The molecule has 29 nitrogen and oxygen atoms in total. The van der Waals surface area contributed by atoms with Gasteiger partial charge >= 0.3 is 189 Å². The number of carbonyl (C=O) groups excluding carboxylic acids is 2. The molecule has 4 saturated carbocycles. The second kappa shape index (κ2) is 75.5. The predicted molar refractivity (Wildman–Crippen MR) is 537 cm³/mol. The summed E-state index contributed by atoms with van der Waals surface area (Å²) in [5, 5.41) is 54.4. The Bertz CT molecular complexity index is 4200. The van der Waals surface area contributed by atoms with Crippen molar-refractivity contribution in [2.75, 3.05) is 160 Å². The summed E-state index contributed by atoms with van der Waals surface area (Å²) in [6, 6.07) is 34.1. The van der Waals surface area contributed by atoms with Gasteiger partial charge in [-0.3, -0.25) is 18.2 Å². The number of aromatic hydroxyl groups is 1. The van der Waals surface area contributed by atoms with Crippen LogP contribution in [0.2, 0.25) is 0 Å². The molecule has 2 unspecified atom stereocenters. The van der Waals surface area contributed by atoms with Crippen molar-refractivity contribution in [2.24, 2.45) is 45.3 Å². The fraction of sp³-hybridized carbons (Fsp3) is 0.564. The third-order valence-electron chi connectivity index (χ3n) is 21.9. The maximum atomic E-state index is 11.5. The summed E-state index contributed by atoms with van der Waals surface area (Å²) < 4.78 is 110. The van der Waals surface area contributed by atoms with E-state index in [1.165, 1.54) is 63.9 Å². The van der Waals surface area contributed by atoms with E-state index in [0.717, 1.165) is 117 Å². The quantitative estimate of drug-likeness (QED) is 0.00372. The fourth-order valence-electron chi connectivity index (χ4n) is 15.7. The van der Waals surface area contributed by atoms with E-state index in [2.05, 4.69) is 103 Å². The summed E-state index contributed by atoms with van der Waals surface area (Å²) in [6.07, 6.45) is 12.0. The molecule has 0 radical (unpaired) electrons. The summed E-state index contributed by atoms with van der Waals surface area (Å²) in [6.45, 7) is 19.4. The van der Waals surface area contributed by atoms with Crippen molar-refractivity contribution in [1.29, 1.82) is 5.26 Å². The van der Waals surface area contributed by atoms with Crippen LogP contribution >= 0.6 is 84.8 Å². The summed E-state index contributed by atoms with van der Waals surface area (Å²) in [5.74, 6) is 11.5. The Morgan fingerprint density at radius 1 is 0.556 bits per heavy atom. The van der Waals surface area contributed by atoms with Crippen LogP contribution in [0.25, 0.3) is 0 Å². The molecule has 10 rings (SSSR count). The molecule has 0 heterocycles. The number of phenolic OH excluding ortho intramolecular Hbond substituents is 1. The van der Waals surface area contributed by atoms with Crippen LogP contribution in [0.4, 0.5) is 9.18 Å². The Morgan fingerprint density at radius 2 is 0.815 bits per heavy atom. The number of aliphatic hydroxyl groups is 3. The molecule has 4 fully saturated rings. The van der Waals surface area contributed by atoms with Crippen LogP contribution in [0.15, 0.2) is 129 Å². The number of amides is 1. The van der Waals surface area contributed by atoms with Gasteiger partial charge in [-0.25, -0.2) is 0 Å². The van der Waals surface area contributed by atoms with Gasteiger partial charge in [0.25, 0.3) is 27.0 Å². The van der Waals surface area contributed by atoms with Gasteiger partial charge in [0.05, 0.1) is 124 Å². The van der Waals surface area contributed by atoms with Crippen molar-refractivity contribution < 1.29 is 316 Å². The minimum Gasteiger partial charge on any atom is -1.00 e. The van der Waals surface area contributed by atoms with E-state index in [0.29, 0.717) is 73.5 Å². The molecule has 754 valence electrons. The van der Waals surface area contributed by atoms with Crippen molar-refractivity contribution >= 4 is 116 Å². The third kappa shape index (κ3) is 54.5. The molecule has 41 heteroatoms. The molecular formula is C94H149ClCs2FKN4O25S7. The number of alkyl halides is 1. The van der Waals surface area contributed by atoms with Gasteiger partial charge in [-0.05, 0) is 183 Å². The number of nitrogens with zero attached hydrogens (tertiary/aromatic N) is 4. The molecule has 0 aliphatic heterocycles. The number of ether oxygens (including phenoxy) is 13. The first-order chi connectivity index (χ1) is 61.3. The van der Waals surface area contributed by atoms with Crippen LogP contribution in [0.5, 0.6) is 80.5 Å². The number of thioether (sulfide) groups is 2. The van der Waals surface area contributed by atoms with E-state index in [1.807, 2.05) is 63.1 Å².